The Morgan fingerprint density at radius 3 is 2.44 bits per heavy atom. The molecule has 2 amide bonds. The Morgan fingerprint density at radius 2 is 1.79 bits per heavy atom. The number of hydrogen-bond acceptors (Lipinski definition) is 5. The molecule has 8 heteroatoms. The van der Waals surface area contributed by atoms with Gasteiger partial charge in [0.1, 0.15) is 0 Å². The van der Waals surface area contributed by atoms with E-state index in [1.54, 1.807) is 4.90 Å². The highest BCUT2D eigenvalue weighted by atomic mass is 28.4. The summed E-state index contributed by atoms with van der Waals surface area (Å²) in [5.41, 5.74) is 4.42. The van der Waals surface area contributed by atoms with Crippen LogP contribution < -0.4 is 4.90 Å². The fraction of sp³-hybridized carbons (Fsp3) is 0.548. The van der Waals surface area contributed by atoms with Crippen LogP contribution in [0.15, 0.2) is 48.5 Å². The van der Waals surface area contributed by atoms with Gasteiger partial charge in [0.2, 0.25) is 11.8 Å². The molecule has 0 bridgehead atoms. The monoisotopic (exact) mass is 550 g/mol. The number of carbonyl (C=O) groups excluding carboxylic acids is 2. The van der Waals surface area contributed by atoms with Crippen molar-refractivity contribution in [2.45, 2.75) is 88.9 Å². The summed E-state index contributed by atoms with van der Waals surface area (Å²) in [4.78, 5) is 40.6. The minimum Gasteiger partial charge on any atom is -0.432 e. The predicted octanol–water partition coefficient (Wildman–Crippen LogP) is 4.05. The van der Waals surface area contributed by atoms with Gasteiger partial charge in [-0.05, 0) is 73.5 Å². The summed E-state index contributed by atoms with van der Waals surface area (Å²) in [5, 5.41) is 10.1. The second-order valence-electron chi connectivity index (χ2n) is 12.1. The Hall–Kier alpha value is -2.52. The molecule has 210 valence electrons. The molecule has 5 atom stereocenters. The van der Waals surface area contributed by atoms with Crippen molar-refractivity contribution in [3.05, 3.63) is 65.2 Å². The van der Waals surface area contributed by atoms with E-state index >= 15 is 0 Å². The number of fused-ring (bicyclic) bond motifs is 1. The number of ether oxygens (including phenoxy) is 1. The zero-order valence-electron chi connectivity index (χ0n) is 23.4. The highest BCUT2D eigenvalue weighted by Crippen LogP contribution is 2.46. The molecule has 0 radical (unpaired) electrons. The summed E-state index contributed by atoms with van der Waals surface area (Å²) in [6.45, 7) is 7.26. The van der Waals surface area contributed by atoms with Crippen molar-refractivity contribution in [3.63, 3.8) is 0 Å². The topological polar surface area (TPSA) is 90.3 Å². The van der Waals surface area contributed by atoms with E-state index in [9.17, 15) is 19.5 Å². The van der Waals surface area contributed by atoms with Crippen molar-refractivity contribution < 1.29 is 24.2 Å². The lowest BCUT2D eigenvalue weighted by molar-refractivity contribution is -0.138. The van der Waals surface area contributed by atoms with Crippen molar-refractivity contribution in [2.24, 2.45) is 5.92 Å². The van der Waals surface area contributed by atoms with Gasteiger partial charge in [-0.2, -0.15) is 0 Å². The quantitative estimate of drug-likeness (QED) is 0.484. The van der Waals surface area contributed by atoms with Gasteiger partial charge in [-0.3, -0.25) is 9.59 Å². The Balaban J connectivity index is 1.24. The average molecular weight is 551 g/mol. The number of amides is 2. The summed E-state index contributed by atoms with van der Waals surface area (Å²) in [6, 6.07) is 16.1. The normalized spacial score (nSPS) is 27.2. The van der Waals surface area contributed by atoms with E-state index in [4.69, 9.17) is 4.74 Å². The van der Waals surface area contributed by atoms with Gasteiger partial charge in [-0.1, -0.05) is 43.3 Å². The van der Waals surface area contributed by atoms with Gasteiger partial charge in [-0.15, -0.1) is 0 Å². The Kier molecular flexibility index (Phi) is 8.28. The molecule has 0 saturated carbocycles. The van der Waals surface area contributed by atoms with Crippen LogP contribution in [0.5, 0.6) is 0 Å². The molecule has 0 unspecified atom stereocenters. The second kappa shape index (κ2) is 11.5. The lowest BCUT2D eigenvalue weighted by atomic mass is 9.93. The Labute approximate surface area is 232 Å². The van der Waals surface area contributed by atoms with Crippen LogP contribution in [0, 0.1) is 5.92 Å². The van der Waals surface area contributed by atoms with Gasteiger partial charge in [-0.25, -0.2) is 0 Å². The molecule has 2 aromatic carbocycles. The molecule has 2 N–H and O–H groups in total. The summed E-state index contributed by atoms with van der Waals surface area (Å²) in [7, 11) is -2.61. The van der Waals surface area contributed by atoms with Crippen LogP contribution >= 0.6 is 0 Å². The van der Waals surface area contributed by atoms with Gasteiger partial charge in [0.05, 0.1) is 31.3 Å². The average Bonchev–Trinajstić information content (AvgIpc) is 3.48. The molecule has 2 saturated heterocycles. The van der Waals surface area contributed by atoms with Crippen LogP contribution in [0.2, 0.25) is 18.6 Å². The van der Waals surface area contributed by atoms with Crippen LogP contribution in [0.1, 0.15) is 49.3 Å². The third-order valence-electron chi connectivity index (χ3n) is 9.02. The lowest BCUT2D eigenvalue weighted by Crippen LogP contribution is -2.48. The zero-order valence-corrected chi connectivity index (χ0v) is 24.4. The van der Waals surface area contributed by atoms with Gasteiger partial charge >= 0.3 is 0 Å². The molecule has 3 heterocycles. The first-order chi connectivity index (χ1) is 18.7. The first-order valence-corrected chi connectivity index (χ1v) is 17.4. The van der Waals surface area contributed by atoms with E-state index in [0.717, 1.165) is 37.1 Å². The molecular formula is C31H42N2O5Si. The van der Waals surface area contributed by atoms with Gasteiger partial charge in [0.25, 0.3) is 0 Å². The van der Waals surface area contributed by atoms with E-state index in [-0.39, 0.29) is 54.6 Å². The van der Waals surface area contributed by atoms with Crippen molar-refractivity contribution in [3.8, 4) is 0 Å². The number of carbonyl (C=O) groups is 2. The van der Waals surface area contributed by atoms with Crippen LogP contribution in [-0.2, 0) is 33.7 Å². The number of benzene rings is 2. The first kappa shape index (κ1) is 28.0. The fourth-order valence-corrected chi connectivity index (χ4v) is 9.62. The van der Waals surface area contributed by atoms with Crippen molar-refractivity contribution in [1.82, 2.24) is 4.90 Å². The van der Waals surface area contributed by atoms with Crippen molar-refractivity contribution in [1.29, 1.82) is 0 Å². The molecule has 5 rings (SSSR count). The molecule has 3 aliphatic rings. The third-order valence-corrected chi connectivity index (χ3v) is 11.5. The van der Waals surface area contributed by atoms with Gasteiger partial charge in [0, 0.05) is 30.7 Å². The lowest BCUT2D eigenvalue weighted by Gasteiger charge is -2.37. The maximum absolute atomic E-state index is 13.6. The number of aliphatic hydroxyl groups excluding tert-OH is 1. The van der Waals surface area contributed by atoms with E-state index in [1.165, 1.54) is 11.1 Å². The molecule has 3 aliphatic heterocycles. The number of rotatable bonds is 8. The van der Waals surface area contributed by atoms with E-state index < -0.39 is 8.32 Å². The predicted molar refractivity (Wildman–Crippen MR) is 154 cm³/mol. The van der Waals surface area contributed by atoms with Crippen LogP contribution in [-0.4, -0.2) is 66.3 Å². The smallest absolute Gasteiger partial charge is 0.227 e. The maximum atomic E-state index is 13.6. The molecule has 0 spiro atoms. The highest BCUT2D eigenvalue weighted by molar-refractivity contribution is 6.71. The number of aryl methyl sites for hydroxylation is 1. The van der Waals surface area contributed by atoms with E-state index in [0.29, 0.717) is 19.4 Å². The second-order valence-corrected chi connectivity index (χ2v) is 16.1. The third kappa shape index (κ3) is 5.99. The standard InChI is InChI=1S/C31H42N2O5Si/c1-21-27(15-12-22-10-13-25(14-11-22)32-16-6-9-29(32)35)38-28(31(21)39(2,3)37)18-30(36)33-19-24-8-5-4-7-23(24)17-26(33)20-34/h4-5,7-8,10-11,13-14,21,26-28,31,34,37H,6,9,12,15-20H2,1-3H3/t21-,26-,27+,28-,31+/m0/s1. The molecule has 2 fully saturated rings. The number of aliphatic hydroxyl groups is 1. The Bertz CT molecular complexity index is 1180. The van der Waals surface area contributed by atoms with Gasteiger partial charge < -0.3 is 24.4 Å². The number of nitrogens with zero attached hydrogens (tertiary/aromatic N) is 2. The maximum Gasteiger partial charge on any atom is 0.227 e. The molecule has 7 nitrogen and oxygen atoms in total. The van der Waals surface area contributed by atoms with E-state index in [1.807, 2.05) is 42.3 Å². The number of hydrogen-bond donors (Lipinski definition) is 2. The molecular weight excluding hydrogens is 508 g/mol. The summed E-state index contributed by atoms with van der Waals surface area (Å²) in [6.07, 6.45) is 3.69. The summed E-state index contributed by atoms with van der Waals surface area (Å²) >= 11 is 0. The number of anilines is 1. The minimum atomic E-state index is -2.61. The molecule has 39 heavy (non-hydrogen) atoms. The summed E-state index contributed by atoms with van der Waals surface area (Å²) < 4.78 is 6.57. The SMILES string of the molecule is C[C@@H]1[C@@H]([Si](C)(C)O)[C@H](CC(=O)N2Cc3ccccc3C[C@H]2CO)O[C@@H]1CCc1ccc(N2CCCC2=O)cc1. The zero-order chi connectivity index (χ0) is 27.7. The van der Waals surface area contributed by atoms with Crippen LogP contribution in [0.3, 0.4) is 0 Å². The van der Waals surface area contributed by atoms with Crippen LogP contribution in [0.25, 0.3) is 0 Å². The highest BCUT2D eigenvalue weighted by Gasteiger charge is 2.50. The molecule has 0 aromatic heterocycles. The minimum absolute atomic E-state index is 0.0169. The summed E-state index contributed by atoms with van der Waals surface area (Å²) in [5.74, 6) is 0.320. The van der Waals surface area contributed by atoms with Crippen molar-refractivity contribution >= 4 is 25.8 Å². The molecule has 2 aromatic rings. The van der Waals surface area contributed by atoms with Crippen molar-refractivity contribution in [2.75, 3.05) is 18.1 Å². The fourth-order valence-electron chi connectivity index (χ4n) is 7.01. The first-order valence-electron chi connectivity index (χ1n) is 14.4. The van der Waals surface area contributed by atoms with Gasteiger partial charge in [0.15, 0.2) is 8.32 Å². The van der Waals surface area contributed by atoms with E-state index in [2.05, 4.69) is 31.2 Å². The largest absolute Gasteiger partial charge is 0.432 e. The molecule has 0 aliphatic carbocycles. The Morgan fingerprint density at radius 1 is 1.08 bits per heavy atom. The van der Waals surface area contributed by atoms with Crippen LogP contribution in [0.4, 0.5) is 5.69 Å².